The summed E-state index contributed by atoms with van der Waals surface area (Å²) in [6.45, 7) is 1.63. The maximum absolute atomic E-state index is 14.7. The molecule has 3 rings (SSSR count). The van der Waals surface area contributed by atoms with Crippen LogP contribution in [-0.4, -0.2) is 35.0 Å². The Bertz CT molecular complexity index is 1250. The second kappa shape index (κ2) is 7.80. The number of fused-ring (bicyclic) bond motifs is 1. The first-order valence-corrected chi connectivity index (χ1v) is 9.95. The molecule has 0 aliphatic heterocycles. The van der Waals surface area contributed by atoms with Crippen LogP contribution in [0.2, 0.25) is 0 Å². The van der Waals surface area contributed by atoms with E-state index in [2.05, 4.69) is 20.3 Å². The minimum Gasteiger partial charge on any atom is -0.328 e. The van der Waals surface area contributed by atoms with Crippen LogP contribution >= 0.6 is 0 Å². The first kappa shape index (κ1) is 20.2. The molecule has 3 aromatic rings. The van der Waals surface area contributed by atoms with Crippen LogP contribution in [0.5, 0.6) is 0 Å². The van der Waals surface area contributed by atoms with Crippen molar-refractivity contribution in [2.24, 2.45) is 0 Å². The number of carbonyl (C=O) groups excluding carboxylic acids is 1. The van der Waals surface area contributed by atoms with Crippen LogP contribution in [-0.2, 0) is 10.0 Å². The van der Waals surface area contributed by atoms with Crippen molar-refractivity contribution >= 4 is 38.5 Å². The molecule has 9 nitrogen and oxygen atoms in total. The van der Waals surface area contributed by atoms with Gasteiger partial charge in [-0.25, -0.2) is 22.2 Å². The minimum atomic E-state index is -3.84. The predicted molar refractivity (Wildman–Crippen MR) is 101 cm³/mol. The van der Waals surface area contributed by atoms with Gasteiger partial charge in [0.05, 0.1) is 28.8 Å². The van der Waals surface area contributed by atoms with Crippen LogP contribution in [0.3, 0.4) is 0 Å². The highest BCUT2D eigenvalue weighted by atomic mass is 32.2. The van der Waals surface area contributed by atoms with E-state index in [4.69, 9.17) is 5.26 Å². The molecule has 29 heavy (non-hydrogen) atoms. The van der Waals surface area contributed by atoms with Crippen molar-refractivity contribution in [2.75, 3.05) is 15.8 Å². The SMILES string of the molecule is CCCS(=O)(=O)Nc1ccc(F)c(C(=O)Nc2cnc3nc(C#N)[nH]c3c2)c1F. The number of sulfonamides is 1. The fraction of sp³-hybridized carbons (Fsp3) is 0.176. The van der Waals surface area contributed by atoms with E-state index < -0.39 is 38.8 Å². The highest BCUT2D eigenvalue weighted by Crippen LogP contribution is 2.24. The van der Waals surface area contributed by atoms with Gasteiger partial charge in [-0.15, -0.1) is 0 Å². The topological polar surface area (TPSA) is 141 Å². The Kier molecular flexibility index (Phi) is 5.42. The lowest BCUT2D eigenvalue weighted by atomic mass is 10.1. The second-order valence-electron chi connectivity index (χ2n) is 5.95. The molecule has 0 fully saturated rings. The van der Waals surface area contributed by atoms with Crippen LogP contribution in [0.4, 0.5) is 20.2 Å². The van der Waals surface area contributed by atoms with E-state index in [1.807, 2.05) is 4.72 Å². The number of H-pyrrole nitrogens is 1. The Labute approximate surface area is 163 Å². The standard InChI is InChI=1S/C17H14F2N6O3S/c1-2-5-29(27,28)25-11-4-3-10(18)14(15(11)19)17(26)22-9-6-12-16(21-8-9)24-13(7-20)23-12/h3-4,6,8,25H,2,5H2,1H3,(H,22,26)(H,21,23,24). The lowest BCUT2D eigenvalue weighted by molar-refractivity contribution is 0.101. The van der Waals surface area contributed by atoms with Crippen LogP contribution in [0.1, 0.15) is 29.5 Å². The second-order valence-corrected chi connectivity index (χ2v) is 7.79. The third kappa shape index (κ3) is 4.30. The van der Waals surface area contributed by atoms with Crippen LogP contribution in [0.15, 0.2) is 24.4 Å². The van der Waals surface area contributed by atoms with Crippen molar-refractivity contribution < 1.29 is 22.0 Å². The molecule has 0 saturated carbocycles. The molecule has 0 spiro atoms. The molecule has 2 aromatic heterocycles. The van der Waals surface area contributed by atoms with E-state index in [9.17, 15) is 22.0 Å². The van der Waals surface area contributed by atoms with Crippen molar-refractivity contribution in [2.45, 2.75) is 13.3 Å². The Balaban J connectivity index is 1.90. The maximum atomic E-state index is 14.7. The molecular weight excluding hydrogens is 406 g/mol. The first-order chi connectivity index (χ1) is 13.7. The van der Waals surface area contributed by atoms with E-state index in [0.29, 0.717) is 11.9 Å². The maximum Gasteiger partial charge on any atom is 0.261 e. The number of nitriles is 1. The molecule has 12 heteroatoms. The van der Waals surface area contributed by atoms with Gasteiger partial charge in [-0.05, 0) is 24.6 Å². The van der Waals surface area contributed by atoms with Gasteiger partial charge in [-0.2, -0.15) is 10.2 Å². The molecule has 1 aromatic carbocycles. The zero-order chi connectivity index (χ0) is 21.2. The lowest BCUT2D eigenvalue weighted by Gasteiger charge is -2.12. The van der Waals surface area contributed by atoms with Gasteiger partial charge in [0.15, 0.2) is 11.5 Å². The van der Waals surface area contributed by atoms with Crippen molar-refractivity contribution in [1.82, 2.24) is 15.0 Å². The van der Waals surface area contributed by atoms with E-state index in [-0.39, 0.29) is 22.9 Å². The quantitative estimate of drug-likeness (QED) is 0.560. The molecule has 0 aliphatic carbocycles. The molecule has 2 heterocycles. The molecule has 0 bridgehead atoms. The highest BCUT2D eigenvalue weighted by Gasteiger charge is 2.23. The first-order valence-electron chi connectivity index (χ1n) is 8.29. The van der Waals surface area contributed by atoms with Gasteiger partial charge in [-0.3, -0.25) is 9.52 Å². The number of benzene rings is 1. The Morgan fingerprint density at radius 2 is 2.10 bits per heavy atom. The minimum absolute atomic E-state index is 0.0140. The van der Waals surface area contributed by atoms with Gasteiger partial charge < -0.3 is 10.3 Å². The van der Waals surface area contributed by atoms with Gasteiger partial charge in [0, 0.05) is 0 Å². The average molecular weight is 420 g/mol. The smallest absolute Gasteiger partial charge is 0.261 e. The van der Waals surface area contributed by atoms with E-state index in [1.54, 1.807) is 13.0 Å². The summed E-state index contributed by atoms with van der Waals surface area (Å²) in [5.74, 6) is -3.89. The highest BCUT2D eigenvalue weighted by molar-refractivity contribution is 7.92. The number of halogens is 2. The van der Waals surface area contributed by atoms with Crippen LogP contribution in [0.25, 0.3) is 11.2 Å². The number of hydrogen-bond acceptors (Lipinski definition) is 6. The summed E-state index contributed by atoms with van der Waals surface area (Å²) in [7, 11) is -3.84. The summed E-state index contributed by atoms with van der Waals surface area (Å²) in [6.07, 6.45) is 1.49. The van der Waals surface area contributed by atoms with E-state index in [0.717, 1.165) is 12.1 Å². The summed E-state index contributed by atoms with van der Waals surface area (Å²) in [4.78, 5) is 22.9. The number of carbonyl (C=O) groups is 1. The summed E-state index contributed by atoms with van der Waals surface area (Å²) in [6, 6.07) is 4.88. The molecule has 0 atom stereocenters. The molecule has 0 aliphatic rings. The van der Waals surface area contributed by atoms with Crippen molar-refractivity contribution in [3.8, 4) is 6.07 Å². The monoisotopic (exact) mass is 420 g/mol. The van der Waals surface area contributed by atoms with Crippen molar-refractivity contribution in [1.29, 1.82) is 5.26 Å². The zero-order valence-electron chi connectivity index (χ0n) is 15.0. The summed E-state index contributed by atoms with van der Waals surface area (Å²) in [5, 5.41) is 11.1. The number of rotatable bonds is 6. The predicted octanol–water partition coefficient (Wildman–Crippen LogP) is 2.51. The van der Waals surface area contributed by atoms with Gasteiger partial charge in [0.1, 0.15) is 17.4 Å². The molecule has 0 unspecified atom stereocenters. The Hall–Kier alpha value is -3.59. The number of nitrogens with one attached hydrogen (secondary N) is 3. The fourth-order valence-electron chi connectivity index (χ4n) is 2.54. The molecule has 0 saturated heterocycles. The Morgan fingerprint density at radius 3 is 2.79 bits per heavy atom. The summed E-state index contributed by atoms with van der Waals surface area (Å²) in [5.41, 5.74) is -0.841. The van der Waals surface area contributed by atoms with Crippen LogP contribution in [0, 0.1) is 23.0 Å². The molecule has 150 valence electrons. The lowest BCUT2D eigenvalue weighted by Crippen LogP contribution is -2.20. The van der Waals surface area contributed by atoms with E-state index in [1.165, 1.54) is 12.3 Å². The van der Waals surface area contributed by atoms with Crippen molar-refractivity contribution in [3.05, 3.63) is 47.4 Å². The van der Waals surface area contributed by atoms with Gasteiger partial charge in [-0.1, -0.05) is 6.92 Å². The zero-order valence-corrected chi connectivity index (χ0v) is 15.8. The number of nitrogens with zero attached hydrogens (tertiary/aromatic N) is 3. The largest absolute Gasteiger partial charge is 0.328 e. The van der Waals surface area contributed by atoms with Gasteiger partial charge in [0.2, 0.25) is 15.8 Å². The molecule has 3 N–H and O–H groups in total. The number of amides is 1. The number of aromatic amines is 1. The number of imidazole rings is 1. The third-order valence-corrected chi connectivity index (χ3v) is 5.23. The fourth-order valence-corrected chi connectivity index (χ4v) is 3.67. The number of pyridine rings is 1. The van der Waals surface area contributed by atoms with Gasteiger partial charge in [0.25, 0.3) is 5.91 Å². The molecule has 1 amide bonds. The number of hydrogen-bond donors (Lipinski definition) is 3. The average Bonchev–Trinajstić information content (AvgIpc) is 3.06. The normalized spacial score (nSPS) is 11.2. The van der Waals surface area contributed by atoms with Crippen LogP contribution < -0.4 is 10.0 Å². The van der Waals surface area contributed by atoms with Crippen molar-refractivity contribution in [3.63, 3.8) is 0 Å². The molecule has 0 radical (unpaired) electrons. The number of anilines is 2. The molecular formula is C17H14F2N6O3S. The number of aromatic nitrogens is 3. The van der Waals surface area contributed by atoms with Gasteiger partial charge >= 0.3 is 0 Å². The Morgan fingerprint density at radius 1 is 1.34 bits per heavy atom. The third-order valence-electron chi connectivity index (χ3n) is 3.76. The summed E-state index contributed by atoms with van der Waals surface area (Å²) < 4.78 is 54.5. The summed E-state index contributed by atoms with van der Waals surface area (Å²) >= 11 is 0. The van der Waals surface area contributed by atoms with E-state index >= 15 is 0 Å².